The quantitative estimate of drug-likeness (QED) is 0.806. The van der Waals surface area contributed by atoms with Gasteiger partial charge in [0, 0.05) is 17.9 Å². The topological polar surface area (TPSA) is 78.5 Å². The van der Waals surface area contributed by atoms with E-state index in [1.165, 1.54) is 0 Å². The van der Waals surface area contributed by atoms with Gasteiger partial charge in [0.15, 0.2) is 0 Å². The fourth-order valence-corrected chi connectivity index (χ4v) is 3.80. The SMILES string of the molecule is Cc1cccc(NC(=O)C(=O)Nc2cc3c4c(c2)CC(=O)N4CCC3)c1C. The molecule has 138 valence electrons. The van der Waals surface area contributed by atoms with Crippen LogP contribution in [-0.2, 0) is 27.2 Å². The van der Waals surface area contributed by atoms with E-state index in [4.69, 9.17) is 0 Å². The van der Waals surface area contributed by atoms with Gasteiger partial charge < -0.3 is 15.5 Å². The molecular weight excluding hydrogens is 342 g/mol. The molecule has 2 aromatic carbocycles. The highest BCUT2D eigenvalue weighted by Crippen LogP contribution is 2.38. The Morgan fingerprint density at radius 2 is 1.78 bits per heavy atom. The van der Waals surface area contributed by atoms with Crippen LogP contribution in [0.15, 0.2) is 30.3 Å². The molecule has 2 N–H and O–H groups in total. The molecule has 0 unspecified atom stereocenters. The Kier molecular flexibility index (Phi) is 4.18. The van der Waals surface area contributed by atoms with Crippen LogP contribution in [0.1, 0.15) is 28.7 Å². The molecular formula is C21H21N3O3. The van der Waals surface area contributed by atoms with Crippen molar-refractivity contribution in [2.75, 3.05) is 22.1 Å². The molecule has 0 saturated heterocycles. The first kappa shape index (κ1) is 17.3. The summed E-state index contributed by atoms with van der Waals surface area (Å²) >= 11 is 0. The van der Waals surface area contributed by atoms with Gasteiger partial charge in [0.05, 0.1) is 12.1 Å². The van der Waals surface area contributed by atoms with Crippen LogP contribution in [0.2, 0.25) is 0 Å². The van der Waals surface area contributed by atoms with E-state index in [0.717, 1.165) is 47.3 Å². The number of rotatable bonds is 2. The number of hydrogen-bond acceptors (Lipinski definition) is 3. The number of aryl methyl sites for hydroxylation is 2. The minimum Gasteiger partial charge on any atom is -0.318 e. The lowest BCUT2D eigenvalue weighted by Gasteiger charge is -2.26. The van der Waals surface area contributed by atoms with E-state index in [0.29, 0.717) is 17.8 Å². The predicted octanol–water partition coefficient (Wildman–Crippen LogP) is 2.72. The molecule has 0 bridgehead atoms. The summed E-state index contributed by atoms with van der Waals surface area (Å²) in [5.74, 6) is -1.34. The summed E-state index contributed by atoms with van der Waals surface area (Å²) in [5, 5.41) is 5.34. The van der Waals surface area contributed by atoms with Gasteiger partial charge in [-0.3, -0.25) is 14.4 Å². The normalized spacial score (nSPS) is 14.7. The molecule has 6 nitrogen and oxygen atoms in total. The number of anilines is 3. The smallest absolute Gasteiger partial charge is 0.314 e. The fraction of sp³-hybridized carbons (Fsp3) is 0.286. The van der Waals surface area contributed by atoms with Crippen molar-refractivity contribution in [3.05, 3.63) is 52.6 Å². The number of nitrogens with zero attached hydrogens (tertiary/aromatic N) is 1. The number of carbonyl (C=O) groups excluding carboxylic acids is 3. The van der Waals surface area contributed by atoms with Gasteiger partial charge in [0.1, 0.15) is 0 Å². The summed E-state index contributed by atoms with van der Waals surface area (Å²) in [7, 11) is 0. The monoisotopic (exact) mass is 363 g/mol. The summed E-state index contributed by atoms with van der Waals surface area (Å²) in [6.45, 7) is 4.60. The van der Waals surface area contributed by atoms with Crippen molar-refractivity contribution >= 4 is 34.8 Å². The lowest BCUT2D eigenvalue weighted by molar-refractivity contribution is -0.133. The van der Waals surface area contributed by atoms with Crippen molar-refractivity contribution < 1.29 is 14.4 Å². The van der Waals surface area contributed by atoms with Gasteiger partial charge in [-0.15, -0.1) is 0 Å². The standard InChI is InChI=1S/C21H21N3O3/c1-12-5-3-7-17(13(12)2)23-21(27)20(26)22-16-9-14-6-4-8-24-18(25)11-15(10-16)19(14)24/h3,5,7,9-10H,4,6,8,11H2,1-2H3,(H,22,26)(H,23,27). The van der Waals surface area contributed by atoms with Gasteiger partial charge in [0.2, 0.25) is 5.91 Å². The molecule has 27 heavy (non-hydrogen) atoms. The average Bonchev–Trinajstić information content (AvgIpc) is 2.96. The Balaban J connectivity index is 1.52. The fourth-order valence-electron chi connectivity index (χ4n) is 3.80. The van der Waals surface area contributed by atoms with Crippen molar-refractivity contribution in [1.29, 1.82) is 0 Å². The first-order chi connectivity index (χ1) is 12.9. The summed E-state index contributed by atoms with van der Waals surface area (Å²) in [5.41, 5.74) is 6.11. The van der Waals surface area contributed by atoms with Crippen LogP contribution < -0.4 is 15.5 Å². The van der Waals surface area contributed by atoms with Gasteiger partial charge in [-0.1, -0.05) is 12.1 Å². The summed E-state index contributed by atoms with van der Waals surface area (Å²) < 4.78 is 0. The molecule has 0 aliphatic carbocycles. The molecule has 0 spiro atoms. The third kappa shape index (κ3) is 3.07. The number of carbonyl (C=O) groups is 3. The summed E-state index contributed by atoms with van der Waals surface area (Å²) in [4.78, 5) is 38.6. The highest BCUT2D eigenvalue weighted by molar-refractivity contribution is 6.43. The lowest BCUT2D eigenvalue weighted by atomic mass is 9.99. The zero-order chi connectivity index (χ0) is 19.1. The first-order valence-electron chi connectivity index (χ1n) is 9.09. The Labute approximate surface area is 157 Å². The predicted molar refractivity (Wildman–Crippen MR) is 104 cm³/mol. The van der Waals surface area contributed by atoms with Crippen LogP contribution in [-0.4, -0.2) is 24.3 Å². The second-order valence-corrected chi connectivity index (χ2v) is 7.12. The number of benzene rings is 2. The van der Waals surface area contributed by atoms with E-state index < -0.39 is 11.8 Å². The molecule has 2 aliphatic heterocycles. The average molecular weight is 363 g/mol. The van der Waals surface area contributed by atoms with Crippen LogP contribution in [0.4, 0.5) is 17.1 Å². The summed E-state index contributed by atoms with van der Waals surface area (Å²) in [6.07, 6.45) is 2.12. The van der Waals surface area contributed by atoms with Gasteiger partial charge >= 0.3 is 11.8 Å². The molecule has 2 aliphatic rings. The third-order valence-electron chi connectivity index (χ3n) is 5.33. The minimum atomic E-state index is -0.722. The maximum absolute atomic E-state index is 12.4. The molecule has 0 aromatic heterocycles. The van der Waals surface area contributed by atoms with Crippen LogP contribution >= 0.6 is 0 Å². The molecule has 0 radical (unpaired) electrons. The Morgan fingerprint density at radius 3 is 2.59 bits per heavy atom. The zero-order valence-electron chi connectivity index (χ0n) is 15.4. The molecule has 0 fully saturated rings. The van der Waals surface area contributed by atoms with E-state index in [1.807, 2.05) is 36.9 Å². The van der Waals surface area contributed by atoms with Crippen LogP contribution in [0.5, 0.6) is 0 Å². The minimum absolute atomic E-state index is 0.0992. The second kappa shape index (κ2) is 6.54. The molecule has 4 rings (SSSR count). The van der Waals surface area contributed by atoms with Gasteiger partial charge in [-0.25, -0.2) is 0 Å². The maximum atomic E-state index is 12.4. The van der Waals surface area contributed by atoms with Crippen LogP contribution in [0.3, 0.4) is 0 Å². The zero-order valence-corrected chi connectivity index (χ0v) is 15.4. The van der Waals surface area contributed by atoms with Crippen molar-refractivity contribution in [2.24, 2.45) is 0 Å². The van der Waals surface area contributed by atoms with E-state index in [-0.39, 0.29) is 5.91 Å². The van der Waals surface area contributed by atoms with Gasteiger partial charge in [-0.05, 0) is 67.1 Å². The Hall–Kier alpha value is -3.15. The second-order valence-electron chi connectivity index (χ2n) is 7.12. The van der Waals surface area contributed by atoms with Crippen LogP contribution in [0, 0.1) is 13.8 Å². The molecule has 3 amide bonds. The highest BCUT2D eigenvalue weighted by Gasteiger charge is 2.32. The number of amides is 3. The number of nitrogens with one attached hydrogen (secondary N) is 2. The highest BCUT2D eigenvalue weighted by atomic mass is 16.2. The van der Waals surface area contributed by atoms with Gasteiger partial charge in [-0.2, -0.15) is 0 Å². The first-order valence-corrected chi connectivity index (χ1v) is 9.09. The van der Waals surface area contributed by atoms with E-state index in [2.05, 4.69) is 10.6 Å². The largest absolute Gasteiger partial charge is 0.318 e. The Bertz CT molecular complexity index is 981. The van der Waals surface area contributed by atoms with Crippen molar-refractivity contribution in [1.82, 2.24) is 0 Å². The molecule has 0 saturated carbocycles. The maximum Gasteiger partial charge on any atom is 0.314 e. The van der Waals surface area contributed by atoms with Crippen molar-refractivity contribution in [3.63, 3.8) is 0 Å². The lowest BCUT2D eigenvalue weighted by Crippen LogP contribution is -2.31. The van der Waals surface area contributed by atoms with E-state index in [9.17, 15) is 14.4 Å². The molecule has 0 atom stereocenters. The third-order valence-corrected chi connectivity index (χ3v) is 5.33. The molecule has 2 heterocycles. The van der Waals surface area contributed by atoms with Gasteiger partial charge in [0.25, 0.3) is 0 Å². The molecule has 6 heteroatoms. The van der Waals surface area contributed by atoms with E-state index >= 15 is 0 Å². The van der Waals surface area contributed by atoms with Crippen molar-refractivity contribution in [2.45, 2.75) is 33.1 Å². The molecule has 2 aromatic rings. The Morgan fingerprint density at radius 1 is 1.04 bits per heavy atom. The van der Waals surface area contributed by atoms with Crippen LogP contribution in [0.25, 0.3) is 0 Å². The number of hydrogen-bond donors (Lipinski definition) is 2. The van der Waals surface area contributed by atoms with Crippen molar-refractivity contribution in [3.8, 4) is 0 Å². The van der Waals surface area contributed by atoms with E-state index in [1.54, 1.807) is 12.1 Å². The summed E-state index contributed by atoms with van der Waals surface area (Å²) in [6, 6.07) is 9.22.